The third-order valence-corrected chi connectivity index (χ3v) is 3.31. The summed E-state index contributed by atoms with van der Waals surface area (Å²) in [5.74, 6) is -2.66. The van der Waals surface area contributed by atoms with Gasteiger partial charge in [0.15, 0.2) is 16.8 Å². The number of hydrogen-bond donors (Lipinski definition) is 1. The van der Waals surface area contributed by atoms with E-state index in [1.807, 2.05) is 19.2 Å². The summed E-state index contributed by atoms with van der Waals surface area (Å²) in [6.07, 6.45) is 0. The molecule has 0 radical (unpaired) electrons. The van der Waals surface area contributed by atoms with Crippen LogP contribution in [0.15, 0.2) is 23.6 Å². The zero-order valence-electron chi connectivity index (χ0n) is 10.4. The molecule has 0 saturated heterocycles. The van der Waals surface area contributed by atoms with Crippen molar-refractivity contribution in [2.24, 2.45) is 0 Å². The number of anilines is 1. The normalized spacial score (nSPS) is 10.8. The predicted molar refractivity (Wildman–Crippen MR) is 70.5 cm³/mol. The molecule has 0 aliphatic carbocycles. The standard InChI is InChI=1S/C13H12F2N2OS/c1-7(2)10-6-19-13(16-10)17-12(18)8-4-3-5-9(14)11(8)15/h3-7H,1-2H3,(H,16,17,18). The van der Waals surface area contributed by atoms with Crippen molar-refractivity contribution in [3.63, 3.8) is 0 Å². The van der Waals surface area contributed by atoms with E-state index in [1.54, 1.807) is 0 Å². The highest BCUT2D eigenvalue weighted by Crippen LogP contribution is 2.22. The van der Waals surface area contributed by atoms with Crippen LogP contribution in [0.5, 0.6) is 0 Å². The molecule has 0 fully saturated rings. The van der Waals surface area contributed by atoms with Crippen LogP contribution in [0.3, 0.4) is 0 Å². The minimum absolute atomic E-state index is 0.243. The summed E-state index contributed by atoms with van der Waals surface area (Å²) in [7, 11) is 0. The molecule has 1 aromatic carbocycles. The summed E-state index contributed by atoms with van der Waals surface area (Å²) in [4.78, 5) is 16.0. The van der Waals surface area contributed by atoms with Crippen molar-refractivity contribution < 1.29 is 13.6 Å². The summed E-state index contributed by atoms with van der Waals surface area (Å²) in [6, 6.07) is 3.48. The van der Waals surface area contributed by atoms with Crippen LogP contribution in [0.4, 0.5) is 13.9 Å². The minimum Gasteiger partial charge on any atom is -0.298 e. The second-order valence-corrected chi connectivity index (χ2v) is 5.15. The molecule has 0 bridgehead atoms. The molecule has 1 aromatic heterocycles. The van der Waals surface area contributed by atoms with E-state index in [9.17, 15) is 13.6 Å². The number of carbonyl (C=O) groups is 1. The van der Waals surface area contributed by atoms with E-state index < -0.39 is 17.5 Å². The lowest BCUT2D eigenvalue weighted by Crippen LogP contribution is -2.14. The quantitative estimate of drug-likeness (QED) is 0.930. The Hall–Kier alpha value is -1.82. The molecule has 2 rings (SSSR count). The molecule has 0 atom stereocenters. The molecule has 0 unspecified atom stereocenters. The van der Waals surface area contributed by atoms with Crippen LogP contribution < -0.4 is 5.32 Å². The van der Waals surface area contributed by atoms with E-state index in [2.05, 4.69) is 10.3 Å². The van der Waals surface area contributed by atoms with Gasteiger partial charge in [0, 0.05) is 5.38 Å². The van der Waals surface area contributed by atoms with Gasteiger partial charge >= 0.3 is 0 Å². The maximum absolute atomic E-state index is 13.4. The fourth-order valence-corrected chi connectivity index (χ4v) is 2.32. The molecule has 1 N–H and O–H groups in total. The summed E-state index contributed by atoms with van der Waals surface area (Å²) < 4.78 is 26.5. The van der Waals surface area contributed by atoms with Crippen molar-refractivity contribution in [3.05, 3.63) is 46.5 Å². The number of hydrogen-bond acceptors (Lipinski definition) is 3. The molecule has 19 heavy (non-hydrogen) atoms. The first kappa shape index (κ1) is 13.6. The van der Waals surface area contributed by atoms with Crippen LogP contribution in [0.25, 0.3) is 0 Å². The van der Waals surface area contributed by atoms with Crippen molar-refractivity contribution in [1.82, 2.24) is 4.98 Å². The van der Waals surface area contributed by atoms with Gasteiger partial charge in [-0.25, -0.2) is 13.8 Å². The van der Waals surface area contributed by atoms with Gasteiger partial charge < -0.3 is 0 Å². The van der Waals surface area contributed by atoms with Gasteiger partial charge in [-0.3, -0.25) is 10.1 Å². The van der Waals surface area contributed by atoms with Crippen LogP contribution in [0.1, 0.15) is 35.8 Å². The monoisotopic (exact) mass is 282 g/mol. The molecule has 0 aliphatic rings. The number of rotatable bonds is 3. The number of aromatic nitrogens is 1. The SMILES string of the molecule is CC(C)c1csc(NC(=O)c2cccc(F)c2F)n1. The molecular formula is C13H12F2N2OS. The molecule has 100 valence electrons. The zero-order valence-corrected chi connectivity index (χ0v) is 11.2. The second kappa shape index (κ2) is 5.44. The topological polar surface area (TPSA) is 42.0 Å². The third-order valence-electron chi connectivity index (χ3n) is 2.53. The fraction of sp³-hybridized carbons (Fsp3) is 0.231. The number of nitrogens with one attached hydrogen (secondary N) is 1. The Morgan fingerprint density at radius 3 is 2.74 bits per heavy atom. The molecule has 0 spiro atoms. The van der Waals surface area contributed by atoms with Crippen LogP contribution in [0, 0.1) is 11.6 Å². The van der Waals surface area contributed by atoms with Crippen molar-refractivity contribution in [3.8, 4) is 0 Å². The molecule has 2 aromatic rings. The van der Waals surface area contributed by atoms with Gasteiger partial charge in [0.1, 0.15) is 0 Å². The van der Waals surface area contributed by atoms with Gasteiger partial charge in [-0.05, 0) is 18.1 Å². The van der Waals surface area contributed by atoms with E-state index in [1.165, 1.54) is 23.5 Å². The predicted octanol–water partition coefficient (Wildman–Crippen LogP) is 3.80. The van der Waals surface area contributed by atoms with Gasteiger partial charge in [-0.2, -0.15) is 0 Å². The Morgan fingerprint density at radius 1 is 1.37 bits per heavy atom. The molecular weight excluding hydrogens is 270 g/mol. The number of thiazole rings is 1. The van der Waals surface area contributed by atoms with Crippen LogP contribution >= 0.6 is 11.3 Å². The highest BCUT2D eigenvalue weighted by Gasteiger charge is 2.16. The number of carbonyl (C=O) groups excluding carboxylic acids is 1. The van der Waals surface area contributed by atoms with Crippen LogP contribution in [-0.4, -0.2) is 10.9 Å². The summed E-state index contributed by atoms with van der Waals surface area (Å²) >= 11 is 1.25. The average Bonchev–Trinajstić information content (AvgIpc) is 2.81. The maximum atomic E-state index is 13.4. The van der Waals surface area contributed by atoms with Crippen molar-refractivity contribution in [2.75, 3.05) is 5.32 Å². The van der Waals surface area contributed by atoms with Crippen molar-refractivity contribution >= 4 is 22.4 Å². The Morgan fingerprint density at radius 2 is 2.11 bits per heavy atom. The Bertz CT molecular complexity index is 610. The van der Waals surface area contributed by atoms with Crippen molar-refractivity contribution in [1.29, 1.82) is 0 Å². The van der Waals surface area contributed by atoms with E-state index in [4.69, 9.17) is 0 Å². The number of nitrogens with zero attached hydrogens (tertiary/aromatic N) is 1. The Kier molecular flexibility index (Phi) is 3.90. The lowest BCUT2D eigenvalue weighted by molar-refractivity contribution is 0.102. The molecule has 3 nitrogen and oxygen atoms in total. The second-order valence-electron chi connectivity index (χ2n) is 4.29. The number of halogens is 2. The van der Waals surface area contributed by atoms with Crippen LogP contribution in [0.2, 0.25) is 0 Å². The highest BCUT2D eigenvalue weighted by molar-refractivity contribution is 7.14. The molecule has 6 heteroatoms. The smallest absolute Gasteiger partial charge is 0.260 e. The van der Waals surface area contributed by atoms with Crippen LogP contribution in [-0.2, 0) is 0 Å². The maximum Gasteiger partial charge on any atom is 0.260 e. The Balaban J connectivity index is 2.18. The molecule has 1 heterocycles. The zero-order chi connectivity index (χ0) is 14.0. The first-order valence-electron chi connectivity index (χ1n) is 5.70. The minimum atomic E-state index is -1.15. The van der Waals surface area contributed by atoms with Gasteiger partial charge in [0.25, 0.3) is 5.91 Å². The van der Waals surface area contributed by atoms with Gasteiger partial charge in [0.05, 0.1) is 11.3 Å². The molecule has 1 amide bonds. The lowest BCUT2D eigenvalue weighted by atomic mass is 10.2. The first-order valence-corrected chi connectivity index (χ1v) is 6.57. The first-order chi connectivity index (χ1) is 8.99. The average molecular weight is 282 g/mol. The summed E-state index contributed by atoms with van der Waals surface area (Å²) in [6.45, 7) is 3.96. The van der Waals surface area contributed by atoms with E-state index >= 15 is 0 Å². The number of amides is 1. The largest absolute Gasteiger partial charge is 0.298 e. The van der Waals surface area contributed by atoms with Gasteiger partial charge in [0.2, 0.25) is 0 Å². The molecule has 0 saturated carbocycles. The molecule has 0 aliphatic heterocycles. The van der Waals surface area contributed by atoms with E-state index in [0.717, 1.165) is 11.8 Å². The highest BCUT2D eigenvalue weighted by atomic mass is 32.1. The number of benzene rings is 1. The lowest BCUT2D eigenvalue weighted by Gasteiger charge is -2.03. The van der Waals surface area contributed by atoms with Crippen molar-refractivity contribution in [2.45, 2.75) is 19.8 Å². The fourth-order valence-electron chi connectivity index (χ4n) is 1.45. The Labute approximate surface area is 113 Å². The van der Waals surface area contributed by atoms with Gasteiger partial charge in [-0.15, -0.1) is 11.3 Å². The summed E-state index contributed by atoms with van der Waals surface area (Å²) in [5, 5.41) is 4.66. The van der Waals surface area contributed by atoms with E-state index in [-0.39, 0.29) is 11.5 Å². The van der Waals surface area contributed by atoms with Gasteiger partial charge in [-0.1, -0.05) is 19.9 Å². The third kappa shape index (κ3) is 2.96. The van der Waals surface area contributed by atoms with E-state index in [0.29, 0.717) is 5.13 Å². The summed E-state index contributed by atoms with van der Waals surface area (Å²) in [5.41, 5.74) is 0.515.